The Bertz CT molecular complexity index is 1150. The first kappa shape index (κ1) is 18.9. The highest BCUT2D eigenvalue weighted by molar-refractivity contribution is 7.98. The molecule has 0 fully saturated rings. The van der Waals surface area contributed by atoms with Crippen LogP contribution in [0.15, 0.2) is 58.2 Å². The number of aryl methyl sites for hydroxylation is 1. The predicted molar refractivity (Wildman–Crippen MR) is 113 cm³/mol. The van der Waals surface area contributed by atoms with Gasteiger partial charge in [0.05, 0.1) is 5.69 Å². The van der Waals surface area contributed by atoms with Gasteiger partial charge in [-0.2, -0.15) is 5.26 Å². The summed E-state index contributed by atoms with van der Waals surface area (Å²) < 4.78 is 0.196. The quantitative estimate of drug-likeness (QED) is 0.470. The molecular weight excluding hydrogens is 374 g/mol. The van der Waals surface area contributed by atoms with Crippen molar-refractivity contribution < 1.29 is 0 Å². The van der Waals surface area contributed by atoms with Crippen LogP contribution in [0, 0.1) is 23.0 Å². The van der Waals surface area contributed by atoms with Crippen LogP contribution in [0.1, 0.15) is 27.9 Å². The first-order chi connectivity index (χ1) is 13.1. The lowest BCUT2D eigenvalue weighted by Gasteiger charge is -2.08. The fourth-order valence-electron chi connectivity index (χ4n) is 2.62. The Morgan fingerprint density at radius 1 is 1.11 bits per heavy atom. The minimum absolute atomic E-state index is 0.0200. The molecule has 6 heteroatoms. The molecule has 2 aromatic carbocycles. The number of nitriles is 1. The average Bonchev–Trinajstić information content (AvgIpc) is 2.66. The van der Waals surface area contributed by atoms with Crippen LogP contribution in [0.25, 0.3) is 12.2 Å². The predicted octanol–water partition coefficient (Wildman–Crippen LogP) is 5.08. The number of rotatable bonds is 5. The minimum atomic E-state index is -0.482. The van der Waals surface area contributed by atoms with E-state index in [0.717, 1.165) is 11.3 Å². The summed E-state index contributed by atoms with van der Waals surface area (Å²) in [5.74, 6) is 0.821. The zero-order valence-corrected chi connectivity index (χ0v) is 16.3. The zero-order chi connectivity index (χ0) is 19.2. The molecule has 27 heavy (non-hydrogen) atoms. The molecule has 1 heterocycles. The maximum Gasteiger partial charge on any atom is 0.270 e. The van der Waals surface area contributed by atoms with Crippen molar-refractivity contribution in [1.29, 1.82) is 5.26 Å². The van der Waals surface area contributed by atoms with E-state index in [1.54, 1.807) is 17.8 Å². The monoisotopic (exact) mass is 391 g/mol. The van der Waals surface area contributed by atoms with E-state index in [-0.39, 0.29) is 10.3 Å². The Morgan fingerprint density at radius 2 is 1.85 bits per heavy atom. The third-order valence-corrected chi connectivity index (χ3v) is 5.47. The van der Waals surface area contributed by atoms with Gasteiger partial charge in [-0.05, 0) is 48.0 Å². The smallest absolute Gasteiger partial charge is 0.270 e. The molecule has 2 N–H and O–H groups in total. The lowest BCUT2D eigenvalue weighted by molar-refractivity contribution is 1.06. The van der Waals surface area contributed by atoms with E-state index in [9.17, 15) is 10.1 Å². The molecule has 0 atom stereocenters. The molecule has 0 radical (unpaired) electrons. The molecule has 0 aliphatic heterocycles. The van der Waals surface area contributed by atoms with Crippen LogP contribution in [0.5, 0.6) is 0 Å². The van der Waals surface area contributed by atoms with E-state index >= 15 is 0 Å². The van der Waals surface area contributed by atoms with E-state index in [1.807, 2.05) is 42.5 Å². The molecule has 134 valence electrons. The van der Waals surface area contributed by atoms with Gasteiger partial charge in [-0.25, -0.2) is 0 Å². The number of aromatic amines is 2. The van der Waals surface area contributed by atoms with Crippen molar-refractivity contribution in [3.05, 3.63) is 91.6 Å². The Hall–Kier alpha value is -2.88. The Balaban J connectivity index is 1.88. The van der Waals surface area contributed by atoms with Crippen LogP contribution < -0.4 is 5.56 Å². The number of nitrogens with zero attached hydrogens (tertiary/aromatic N) is 1. The van der Waals surface area contributed by atoms with E-state index < -0.39 is 5.56 Å². The van der Waals surface area contributed by atoms with Gasteiger partial charge in [-0.3, -0.25) is 9.78 Å². The van der Waals surface area contributed by atoms with E-state index in [4.69, 9.17) is 12.2 Å². The number of aromatic nitrogens is 2. The van der Waals surface area contributed by atoms with Crippen LogP contribution in [-0.4, -0.2) is 9.97 Å². The van der Waals surface area contributed by atoms with Crippen LogP contribution >= 0.6 is 24.0 Å². The highest BCUT2D eigenvalue weighted by Gasteiger charge is 2.06. The Morgan fingerprint density at radius 3 is 2.63 bits per heavy atom. The molecule has 0 spiro atoms. The molecule has 0 saturated heterocycles. The summed E-state index contributed by atoms with van der Waals surface area (Å²) in [7, 11) is 0. The topological polar surface area (TPSA) is 72.4 Å². The highest BCUT2D eigenvalue weighted by Crippen LogP contribution is 2.27. The molecule has 1 aromatic heterocycles. The van der Waals surface area contributed by atoms with Crippen molar-refractivity contribution in [1.82, 2.24) is 9.97 Å². The molecule has 3 aromatic rings. The number of H-pyrrole nitrogens is 2. The maximum atomic E-state index is 11.9. The fraction of sp³-hybridized carbons (Fsp3) is 0.0952. The molecule has 0 unspecified atom stereocenters. The van der Waals surface area contributed by atoms with Gasteiger partial charge >= 0.3 is 0 Å². The summed E-state index contributed by atoms with van der Waals surface area (Å²) in [5.41, 5.74) is 3.40. The van der Waals surface area contributed by atoms with E-state index in [1.165, 1.54) is 16.0 Å². The summed E-state index contributed by atoms with van der Waals surface area (Å²) in [5, 5.41) is 9.22. The summed E-state index contributed by atoms with van der Waals surface area (Å²) in [4.78, 5) is 18.4. The van der Waals surface area contributed by atoms with Gasteiger partial charge < -0.3 is 4.98 Å². The van der Waals surface area contributed by atoms with Crippen molar-refractivity contribution in [2.75, 3.05) is 0 Å². The first-order valence-electron chi connectivity index (χ1n) is 8.29. The third-order valence-electron chi connectivity index (χ3n) is 4.04. The standard InChI is InChI=1S/C21H17N3OS2/c1-14-6-2-5-9-19(14)27-13-16-8-4-3-7-15(16)10-11-18-17(12-22)20(25)24-21(26)23-18/h2-11H,13H2,1H3,(H2,23,24,25,26)/b11-10+. The summed E-state index contributed by atoms with van der Waals surface area (Å²) in [6.45, 7) is 2.10. The second-order valence-corrected chi connectivity index (χ2v) is 7.32. The summed E-state index contributed by atoms with van der Waals surface area (Å²) in [6, 6.07) is 18.3. The number of thioether (sulfide) groups is 1. The molecule has 0 saturated carbocycles. The lowest BCUT2D eigenvalue weighted by Crippen LogP contribution is -2.13. The fourth-order valence-corrected chi connectivity index (χ4v) is 3.86. The molecule has 0 bridgehead atoms. The van der Waals surface area contributed by atoms with Gasteiger partial charge in [0.2, 0.25) is 0 Å². The van der Waals surface area contributed by atoms with Crippen LogP contribution in [0.4, 0.5) is 0 Å². The molecular formula is C21H17N3OS2. The van der Waals surface area contributed by atoms with Crippen molar-refractivity contribution in [2.24, 2.45) is 0 Å². The first-order valence-corrected chi connectivity index (χ1v) is 9.69. The number of benzene rings is 2. The van der Waals surface area contributed by atoms with Gasteiger partial charge in [0.1, 0.15) is 11.6 Å². The van der Waals surface area contributed by atoms with Crippen LogP contribution in [0.3, 0.4) is 0 Å². The minimum Gasteiger partial charge on any atom is -0.331 e. The van der Waals surface area contributed by atoms with Gasteiger partial charge in [0, 0.05) is 10.6 Å². The molecule has 0 aliphatic carbocycles. The average molecular weight is 392 g/mol. The Labute approximate surface area is 166 Å². The van der Waals surface area contributed by atoms with E-state index in [0.29, 0.717) is 5.69 Å². The number of hydrogen-bond donors (Lipinski definition) is 2. The number of hydrogen-bond acceptors (Lipinski definition) is 4. The summed E-state index contributed by atoms with van der Waals surface area (Å²) >= 11 is 6.78. The van der Waals surface area contributed by atoms with Crippen molar-refractivity contribution in [3.63, 3.8) is 0 Å². The molecule has 4 nitrogen and oxygen atoms in total. The second-order valence-electron chi connectivity index (χ2n) is 5.90. The molecule has 0 amide bonds. The van der Waals surface area contributed by atoms with Gasteiger partial charge in [0.15, 0.2) is 4.77 Å². The molecule has 3 rings (SSSR count). The SMILES string of the molecule is Cc1ccccc1SCc1ccccc1/C=C/c1[nH]c(=S)[nH]c(=O)c1C#N. The Kier molecular flexibility index (Phi) is 6.07. The summed E-state index contributed by atoms with van der Waals surface area (Å²) in [6.07, 6.45) is 3.62. The zero-order valence-electron chi connectivity index (χ0n) is 14.7. The second kappa shape index (κ2) is 8.67. The van der Waals surface area contributed by atoms with Crippen LogP contribution in [0.2, 0.25) is 0 Å². The molecule has 0 aliphatic rings. The number of nitrogens with one attached hydrogen (secondary N) is 2. The van der Waals surface area contributed by atoms with Crippen LogP contribution in [-0.2, 0) is 5.75 Å². The van der Waals surface area contributed by atoms with Gasteiger partial charge in [-0.15, -0.1) is 11.8 Å². The largest absolute Gasteiger partial charge is 0.331 e. The highest BCUT2D eigenvalue weighted by atomic mass is 32.2. The van der Waals surface area contributed by atoms with Gasteiger partial charge in [0.25, 0.3) is 5.56 Å². The van der Waals surface area contributed by atoms with Crippen molar-refractivity contribution in [3.8, 4) is 6.07 Å². The lowest BCUT2D eigenvalue weighted by atomic mass is 10.1. The maximum absolute atomic E-state index is 11.9. The van der Waals surface area contributed by atoms with E-state index in [2.05, 4.69) is 35.1 Å². The third kappa shape index (κ3) is 4.64. The normalized spacial score (nSPS) is 10.8. The van der Waals surface area contributed by atoms with Gasteiger partial charge in [-0.1, -0.05) is 48.5 Å². The van der Waals surface area contributed by atoms with Crippen molar-refractivity contribution in [2.45, 2.75) is 17.6 Å². The van der Waals surface area contributed by atoms with Crippen molar-refractivity contribution >= 4 is 36.1 Å².